The van der Waals surface area contributed by atoms with Gasteiger partial charge in [-0.05, 0) is 63.9 Å². The zero-order chi connectivity index (χ0) is 22.3. The highest BCUT2D eigenvalue weighted by molar-refractivity contribution is 5.96. The molecule has 2 amide bonds. The molecule has 0 radical (unpaired) electrons. The number of carbonyl (C=O) groups is 3. The minimum Gasteiger partial charge on any atom is -0.456 e. The van der Waals surface area contributed by atoms with Crippen LogP contribution in [0, 0.1) is 13.8 Å². The molecule has 1 aromatic heterocycles. The van der Waals surface area contributed by atoms with Crippen LogP contribution in [0.25, 0.3) is 0 Å². The second kappa shape index (κ2) is 10.6. The Morgan fingerprint density at radius 1 is 1.10 bits per heavy atom. The van der Waals surface area contributed by atoms with Gasteiger partial charge in [0.15, 0.2) is 6.61 Å². The maximum Gasteiger partial charge on any atom is 0.306 e. The van der Waals surface area contributed by atoms with E-state index in [1.165, 1.54) is 0 Å². The summed E-state index contributed by atoms with van der Waals surface area (Å²) in [6, 6.07) is 6.65. The van der Waals surface area contributed by atoms with E-state index in [1.54, 1.807) is 33.8 Å². The van der Waals surface area contributed by atoms with E-state index in [4.69, 9.17) is 4.74 Å². The summed E-state index contributed by atoms with van der Waals surface area (Å²) in [5.74, 6) is -0.918. The second-order valence-corrected chi connectivity index (χ2v) is 7.04. The first-order chi connectivity index (χ1) is 14.3. The highest BCUT2D eigenvalue weighted by Gasteiger charge is 2.14. The molecule has 0 aliphatic heterocycles. The van der Waals surface area contributed by atoms with E-state index in [-0.39, 0.29) is 18.9 Å². The summed E-state index contributed by atoms with van der Waals surface area (Å²) >= 11 is 0. The van der Waals surface area contributed by atoms with Crippen LogP contribution in [0.4, 0.5) is 5.69 Å². The Morgan fingerprint density at radius 3 is 2.27 bits per heavy atom. The van der Waals surface area contributed by atoms with E-state index in [2.05, 4.69) is 10.4 Å². The maximum atomic E-state index is 12.3. The predicted octanol–water partition coefficient (Wildman–Crippen LogP) is 2.63. The van der Waals surface area contributed by atoms with Crippen molar-refractivity contribution in [3.63, 3.8) is 0 Å². The first kappa shape index (κ1) is 23.1. The third kappa shape index (κ3) is 5.92. The number of nitrogens with zero attached hydrogens (tertiary/aromatic N) is 3. The van der Waals surface area contributed by atoms with Gasteiger partial charge < -0.3 is 15.0 Å². The van der Waals surface area contributed by atoms with Gasteiger partial charge in [-0.25, -0.2) is 0 Å². The number of carbonyl (C=O) groups excluding carboxylic acids is 3. The van der Waals surface area contributed by atoms with Gasteiger partial charge in [-0.15, -0.1) is 0 Å². The standard InChI is InChI=1S/C22H30N4O4/c1-6-26(7-2)22(29)17-8-10-18(11-9-17)23-20(27)14-30-21(28)13-12-19-15(3)24-25(5)16(19)4/h8-11H,6-7,12-14H2,1-5H3,(H,23,27). The van der Waals surface area contributed by atoms with Gasteiger partial charge in [-0.2, -0.15) is 5.10 Å². The lowest BCUT2D eigenvalue weighted by Crippen LogP contribution is -2.30. The van der Waals surface area contributed by atoms with E-state index in [9.17, 15) is 14.4 Å². The molecule has 162 valence electrons. The van der Waals surface area contributed by atoms with Crippen LogP contribution in [0.3, 0.4) is 0 Å². The van der Waals surface area contributed by atoms with Crippen LogP contribution in [0.1, 0.15) is 47.6 Å². The molecule has 1 N–H and O–H groups in total. The van der Waals surface area contributed by atoms with Crippen LogP contribution in [0.2, 0.25) is 0 Å². The van der Waals surface area contributed by atoms with Crippen LogP contribution < -0.4 is 5.32 Å². The molecule has 0 fully saturated rings. The fourth-order valence-electron chi connectivity index (χ4n) is 3.21. The molecule has 2 rings (SSSR count). The van der Waals surface area contributed by atoms with Crippen molar-refractivity contribution in [1.82, 2.24) is 14.7 Å². The van der Waals surface area contributed by atoms with Crippen LogP contribution in [-0.2, 0) is 27.8 Å². The van der Waals surface area contributed by atoms with E-state index >= 15 is 0 Å². The first-order valence-corrected chi connectivity index (χ1v) is 10.1. The van der Waals surface area contributed by atoms with E-state index in [0.29, 0.717) is 30.8 Å². The van der Waals surface area contributed by atoms with Crippen LogP contribution >= 0.6 is 0 Å². The second-order valence-electron chi connectivity index (χ2n) is 7.04. The van der Waals surface area contributed by atoms with Gasteiger partial charge >= 0.3 is 5.97 Å². The van der Waals surface area contributed by atoms with Gasteiger partial charge in [-0.1, -0.05) is 0 Å². The number of anilines is 1. The first-order valence-electron chi connectivity index (χ1n) is 10.1. The van der Waals surface area contributed by atoms with Crippen molar-refractivity contribution in [2.45, 2.75) is 40.5 Å². The lowest BCUT2D eigenvalue weighted by atomic mass is 10.1. The number of amides is 2. The average Bonchev–Trinajstić information content (AvgIpc) is 2.97. The maximum absolute atomic E-state index is 12.3. The third-order valence-corrected chi connectivity index (χ3v) is 5.07. The van der Waals surface area contributed by atoms with Gasteiger partial charge in [-0.3, -0.25) is 19.1 Å². The van der Waals surface area contributed by atoms with Gasteiger partial charge in [0.25, 0.3) is 11.8 Å². The Bertz CT molecular complexity index is 899. The Balaban J connectivity index is 1.80. The van der Waals surface area contributed by atoms with Crippen molar-refractivity contribution in [1.29, 1.82) is 0 Å². The Kier molecular flexibility index (Phi) is 8.15. The van der Waals surface area contributed by atoms with Crippen molar-refractivity contribution >= 4 is 23.5 Å². The van der Waals surface area contributed by atoms with Crippen molar-refractivity contribution < 1.29 is 19.1 Å². The number of rotatable bonds is 9. The smallest absolute Gasteiger partial charge is 0.306 e. The van der Waals surface area contributed by atoms with E-state index in [1.807, 2.05) is 34.7 Å². The lowest BCUT2D eigenvalue weighted by Gasteiger charge is -2.18. The third-order valence-electron chi connectivity index (χ3n) is 5.07. The molecule has 1 heterocycles. The average molecular weight is 415 g/mol. The summed E-state index contributed by atoms with van der Waals surface area (Å²) in [6.07, 6.45) is 0.705. The number of aryl methyl sites for hydroxylation is 2. The summed E-state index contributed by atoms with van der Waals surface area (Å²) in [4.78, 5) is 38.0. The molecule has 2 aromatic rings. The minimum absolute atomic E-state index is 0.0501. The van der Waals surface area contributed by atoms with Crippen molar-refractivity contribution in [3.8, 4) is 0 Å². The van der Waals surface area contributed by atoms with Crippen LogP contribution in [0.15, 0.2) is 24.3 Å². The van der Waals surface area contributed by atoms with Crippen LogP contribution in [0.5, 0.6) is 0 Å². The molecule has 0 unspecified atom stereocenters. The number of esters is 1. The van der Waals surface area contributed by atoms with Crippen molar-refractivity contribution in [3.05, 3.63) is 46.8 Å². The Labute approximate surface area is 177 Å². The number of benzene rings is 1. The summed E-state index contributed by atoms with van der Waals surface area (Å²) in [7, 11) is 1.86. The molecule has 0 saturated carbocycles. The molecule has 8 heteroatoms. The number of aromatic nitrogens is 2. The molecule has 0 atom stereocenters. The molecule has 0 bridgehead atoms. The monoisotopic (exact) mass is 414 g/mol. The number of hydrogen-bond donors (Lipinski definition) is 1. The van der Waals surface area contributed by atoms with Crippen molar-refractivity contribution in [2.75, 3.05) is 25.0 Å². The zero-order valence-electron chi connectivity index (χ0n) is 18.3. The summed E-state index contributed by atoms with van der Waals surface area (Å²) < 4.78 is 6.85. The summed E-state index contributed by atoms with van der Waals surface area (Å²) in [5, 5.41) is 6.98. The quantitative estimate of drug-likeness (QED) is 0.637. The highest BCUT2D eigenvalue weighted by atomic mass is 16.5. The molecule has 30 heavy (non-hydrogen) atoms. The minimum atomic E-state index is -0.437. The Hall–Kier alpha value is -3.16. The van der Waals surface area contributed by atoms with Crippen LogP contribution in [-0.4, -0.2) is 52.2 Å². The van der Waals surface area contributed by atoms with E-state index < -0.39 is 11.9 Å². The Morgan fingerprint density at radius 2 is 1.73 bits per heavy atom. The van der Waals surface area contributed by atoms with Gasteiger partial charge in [0.05, 0.1) is 5.69 Å². The topological polar surface area (TPSA) is 93.5 Å². The molecule has 0 aliphatic carbocycles. The zero-order valence-corrected chi connectivity index (χ0v) is 18.3. The fraction of sp³-hybridized carbons (Fsp3) is 0.455. The van der Waals surface area contributed by atoms with E-state index in [0.717, 1.165) is 17.0 Å². The van der Waals surface area contributed by atoms with Gasteiger partial charge in [0.1, 0.15) is 0 Å². The molecule has 0 saturated heterocycles. The molecule has 1 aromatic carbocycles. The SMILES string of the molecule is CCN(CC)C(=O)c1ccc(NC(=O)COC(=O)CCc2c(C)nn(C)c2C)cc1. The molecular formula is C22H30N4O4. The summed E-state index contributed by atoms with van der Waals surface area (Å²) in [6.45, 7) is 8.63. The molecule has 8 nitrogen and oxygen atoms in total. The molecule has 0 spiro atoms. The summed E-state index contributed by atoms with van der Waals surface area (Å²) in [5.41, 5.74) is 4.03. The molecule has 0 aliphatic rings. The van der Waals surface area contributed by atoms with Gasteiger partial charge in [0.2, 0.25) is 0 Å². The lowest BCUT2D eigenvalue weighted by molar-refractivity contribution is -0.147. The number of nitrogens with one attached hydrogen (secondary N) is 1. The predicted molar refractivity (Wildman–Crippen MR) is 114 cm³/mol. The van der Waals surface area contributed by atoms with Crippen molar-refractivity contribution in [2.24, 2.45) is 7.05 Å². The highest BCUT2D eigenvalue weighted by Crippen LogP contribution is 2.15. The number of hydrogen-bond acceptors (Lipinski definition) is 5. The van der Waals surface area contributed by atoms with Gasteiger partial charge in [0, 0.05) is 43.5 Å². The normalized spacial score (nSPS) is 10.6. The molecular weight excluding hydrogens is 384 g/mol. The fourth-order valence-corrected chi connectivity index (χ4v) is 3.21. The largest absolute Gasteiger partial charge is 0.456 e. The number of ether oxygens (including phenoxy) is 1.